The monoisotopic (exact) mass is 483 g/mol. The van der Waals surface area contributed by atoms with Crippen LogP contribution in [0.2, 0.25) is 0 Å². The molecule has 1 aromatic heterocycles. The first-order valence-corrected chi connectivity index (χ1v) is 11.9. The summed E-state index contributed by atoms with van der Waals surface area (Å²) < 4.78 is 11.2. The number of anilines is 1. The molecule has 3 aliphatic rings. The van der Waals surface area contributed by atoms with Crippen LogP contribution in [-0.4, -0.2) is 34.1 Å². The van der Waals surface area contributed by atoms with Gasteiger partial charge in [-0.15, -0.1) is 0 Å². The summed E-state index contributed by atoms with van der Waals surface area (Å²) in [6, 6.07) is 16.5. The summed E-state index contributed by atoms with van der Waals surface area (Å²) in [7, 11) is 0. The Labute approximate surface area is 207 Å². The van der Waals surface area contributed by atoms with Gasteiger partial charge in [0.1, 0.15) is 18.8 Å². The molecule has 2 N–H and O–H groups in total. The smallest absolute Gasteiger partial charge is 0.326 e. The van der Waals surface area contributed by atoms with Crippen LogP contribution in [0.15, 0.2) is 70.3 Å². The van der Waals surface area contributed by atoms with E-state index in [1.165, 1.54) is 4.90 Å². The fourth-order valence-corrected chi connectivity index (χ4v) is 5.83. The van der Waals surface area contributed by atoms with E-state index in [1.54, 1.807) is 0 Å². The number of allylic oxidation sites excluding steroid dienone is 1. The van der Waals surface area contributed by atoms with E-state index in [-0.39, 0.29) is 36.8 Å². The number of carbonyl (C=O) groups excluding carboxylic acids is 3. The molecule has 0 fully saturated rings. The first-order valence-electron chi connectivity index (χ1n) is 11.9. The van der Waals surface area contributed by atoms with Crippen LogP contribution >= 0.6 is 0 Å². The summed E-state index contributed by atoms with van der Waals surface area (Å²) in [5.74, 6) is -0.721. The topological polar surface area (TPSA) is 116 Å². The van der Waals surface area contributed by atoms with Gasteiger partial charge in [0.2, 0.25) is 5.91 Å². The Morgan fingerprint density at radius 2 is 1.81 bits per heavy atom. The molecule has 0 saturated heterocycles. The fraction of sp³-hybridized carbons (Fsp3) is 0.286. The van der Waals surface area contributed by atoms with Crippen molar-refractivity contribution in [1.29, 1.82) is 0 Å². The van der Waals surface area contributed by atoms with E-state index in [1.807, 2.05) is 68.4 Å². The molecular formula is C28H25N3O5. The molecule has 36 heavy (non-hydrogen) atoms. The number of ketones is 1. The Balaban J connectivity index is 1.46. The molecule has 182 valence electrons. The molecule has 0 saturated carbocycles. The summed E-state index contributed by atoms with van der Waals surface area (Å²) in [5.41, 5.74) is 7.41. The van der Waals surface area contributed by atoms with Gasteiger partial charge >= 0.3 is 5.97 Å². The molecule has 0 radical (unpaired) electrons. The maximum atomic E-state index is 14.4. The summed E-state index contributed by atoms with van der Waals surface area (Å²) in [6.07, 6.45) is 0.732. The molecule has 3 aromatic rings. The van der Waals surface area contributed by atoms with Crippen molar-refractivity contribution in [3.8, 4) is 11.3 Å². The van der Waals surface area contributed by atoms with Gasteiger partial charge < -0.3 is 19.8 Å². The number of nitrogens with zero attached hydrogens (tertiary/aromatic N) is 2. The van der Waals surface area contributed by atoms with E-state index in [2.05, 4.69) is 4.98 Å². The standard InChI is InChI=1S/C28H25N3O5/c1-27(2)12-19-22(20(32)13-27)28(18-11-7-6-10-17(18)23-24(28)30-26(29)36-23)25(34)31(19)14-21(33)35-15-16-8-4-3-5-9-16/h3-11H,12-15H2,1-2H3,(H2,29,30)/t28-/m1/s1. The van der Waals surface area contributed by atoms with Gasteiger partial charge in [0.05, 0.1) is 0 Å². The van der Waals surface area contributed by atoms with Crippen LogP contribution in [0.5, 0.6) is 0 Å². The number of ether oxygens (including phenoxy) is 1. The zero-order valence-electron chi connectivity index (χ0n) is 20.0. The second-order valence-corrected chi connectivity index (χ2v) is 10.3. The highest BCUT2D eigenvalue weighted by molar-refractivity contribution is 6.17. The number of benzene rings is 2. The number of hydrogen-bond donors (Lipinski definition) is 1. The zero-order valence-corrected chi connectivity index (χ0v) is 20.0. The third-order valence-electron chi connectivity index (χ3n) is 7.22. The number of rotatable bonds is 4. The lowest BCUT2D eigenvalue weighted by atomic mass is 9.67. The number of nitrogens with two attached hydrogens (primary N) is 1. The minimum atomic E-state index is -1.49. The number of oxazole rings is 1. The SMILES string of the molecule is CC1(C)CC(=O)C2=C(C1)N(CC(=O)OCc1ccccc1)C(=O)[C@]21c2ccccc2-c2oc(N)nc21. The zero-order chi connectivity index (χ0) is 25.2. The van der Waals surface area contributed by atoms with E-state index < -0.39 is 17.3 Å². The molecule has 8 nitrogen and oxygen atoms in total. The van der Waals surface area contributed by atoms with Gasteiger partial charge in [-0.1, -0.05) is 68.4 Å². The van der Waals surface area contributed by atoms with Crippen LogP contribution in [0.4, 0.5) is 6.01 Å². The molecule has 1 atom stereocenters. The fourth-order valence-electron chi connectivity index (χ4n) is 5.83. The average molecular weight is 484 g/mol. The molecule has 1 amide bonds. The maximum Gasteiger partial charge on any atom is 0.326 e. The van der Waals surface area contributed by atoms with Crippen LogP contribution in [0, 0.1) is 5.41 Å². The van der Waals surface area contributed by atoms with E-state index in [0.29, 0.717) is 40.3 Å². The molecule has 2 aromatic carbocycles. The van der Waals surface area contributed by atoms with E-state index in [4.69, 9.17) is 14.9 Å². The Kier molecular flexibility index (Phi) is 4.73. The van der Waals surface area contributed by atoms with Gasteiger partial charge in [0, 0.05) is 23.3 Å². The summed E-state index contributed by atoms with van der Waals surface area (Å²) in [4.78, 5) is 46.9. The number of nitrogen functional groups attached to an aromatic ring is 1. The normalized spacial score (nSPS) is 21.6. The van der Waals surface area contributed by atoms with Gasteiger partial charge in [-0.25, -0.2) is 0 Å². The minimum Gasteiger partial charge on any atom is -0.459 e. The highest BCUT2D eigenvalue weighted by Crippen LogP contribution is 2.60. The molecule has 8 heteroatoms. The number of esters is 1. The number of Topliss-reactive ketones (excluding diaryl/α,β-unsaturated/α-hetero) is 1. The number of aromatic nitrogens is 1. The highest BCUT2D eigenvalue weighted by Gasteiger charge is 2.65. The van der Waals surface area contributed by atoms with Crippen LogP contribution in [0.25, 0.3) is 11.3 Å². The predicted octanol–water partition coefficient (Wildman–Crippen LogP) is 3.75. The van der Waals surface area contributed by atoms with Crippen LogP contribution in [0.1, 0.15) is 43.5 Å². The molecule has 0 bridgehead atoms. The third-order valence-corrected chi connectivity index (χ3v) is 7.22. The number of carbonyl (C=O) groups is 3. The molecule has 1 spiro atoms. The minimum absolute atomic E-state index is 0.0758. The van der Waals surface area contributed by atoms with Gasteiger partial charge in [-0.2, -0.15) is 4.98 Å². The molecular weight excluding hydrogens is 458 g/mol. The van der Waals surface area contributed by atoms with Crippen molar-refractivity contribution < 1.29 is 23.5 Å². The lowest BCUT2D eigenvalue weighted by Gasteiger charge is -2.33. The van der Waals surface area contributed by atoms with E-state index >= 15 is 0 Å². The predicted molar refractivity (Wildman–Crippen MR) is 130 cm³/mol. The average Bonchev–Trinajstić information content (AvgIpc) is 3.42. The largest absolute Gasteiger partial charge is 0.459 e. The van der Waals surface area contributed by atoms with E-state index in [0.717, 1.165) is 5.56 Å². The quantitative estimate of drug-likeness (QED) is 0.562. The van der Waals surface area contributed by atoms with Crippen molar-refractivity contribution in [2.24, 2.45) is 5.41 Å². The molecule has 6 rings (SSSR count). The Morgan fingerprint density at radius 3 is 2.58 bits per heavy atom. The van der Waals surface area contributed by atoms with Crippen molar-refractivity contribution in [1.82, 2.24) is 9.88 Å². The van der Waals surface area contributed by atoms with Crippen LogP contribution in [-0.2, 0) is 31.1 Å². The third kappa shape index (κ3) is 3.07. The first-order chi connectivity index (χ1) is 17.2. The number of amides is 1. The second kappa shape index (κ2) is 7.65. The van der Waals surface area contributed by atoms with Crippen molar-refractivity contribution in [2.45, 2.75) is 38.7 Å². The van der Waals surface area contributed by atoms with Crippen LogP contribution in [0.3, 0.4) is 0 Å². The molecule has 0 unspecified atom stereocenters. The van der Waals surface area contributed by atoms with Gasteiger partial charge in [0.25, 0.3) is 6.01 Å². The van der Waals surface area contributed by atoms with Crippen molar-refractivity contribution in [3.63, 3.8) is 0 Å². The summed E-state index contributed by atoms with van der Waals surface area (Å²) in [6.45, 7) is 3.76. The van der Waals surface area contributed by atoms with Gasteiger partial charge in [-0.3, -0.25) is 14.4 Å². The van der Waals surface area contributed by atoms with Gasteiger partial charge in [-0.05, 0) is 23.0 Å². The molecule has 2 heterocycles. The Bertz CT molecular complexity index is 1470. The molecule has 1 aliphatic heterocycles. The Morgan fingerprint density at radius 1 is 1.08 bits per heavy atom. The van der Waals surface area contributed by atoms with E-state index in [9.17, 15) is 14.4 Å². The number of fused-ring (bicyclic) bond motifs is 6. The number of hydrogen-bond acceptors (Lipinski definition) is 7. The van der Waals surface area contributed by atoms with Crippen molar-refractivity contribution in [3.05, 3.63) is 82.7 Å². The Hall–Kier alpha value is -4.20. The lowest BCUT2D eigenvalue weighted by molar-refractivity contribution is -0.149. The summed E-state index contributed by atoms with van der Waals surface area (Å²) >= 11 is 0. The maximum absolute atomic E-state index is 14.4. The lowest BCUT2D eigenvalue weighted by Crippen LogP contribution is -2.43. The van der Waals surface area contributed by atoms with Crippen molar-refractivity contribution >= 4 is 23.7 Å². The second-order valence-electron chi connectivity index (χ2n) is 10.3. The molecule has 2 aliphatic carbocycles. The highest BCUT2D eigenvalue weighted by atomic mass is 16.5. The van der Waals surface area contributed by atoms with Crippen molar-refractivity contribution in [2.75, 3.05) is 12.3 Å². The van der Waals surface area contributed by atoms with Gasteiger partial charge in [0.15, 0.2) is 17.0 Å². The first kappa shape index (κ1) is 22.3. The summed E-state index contributed by atoms with van der Waals surface area (Å²) in [5, 5.41) is 0. The van der Waals surface area contributed by atoms with Crippen LogP contribution < -0.4 is 5.73 Å².